The third-order valence-corrected chi connectivity index (χ3v) is 4.52. The molecule has 0 bridgehead atoms. The number of nitrogens with zero attached hydrogens (tertiary/aromatic N) is 2. The summed E-state index contributed by atoms with van der Waals surface area (Å²) in [6.45, 7) is 0. The lowest BCUT2D eigenvalue weighted by molar-refractivity contribution is 0.0549. The number of ether oxygens (including phenoxy) is 2. The van der Waals surface area contributed by atoms with Gasteiger partial charge in [0.15, 0.2) is 5.69 Å². The predicted octanol–water partition coefficient (Wildman–Crippen LogP) is 4.15. The van der Waals surface area contributed by atoms with E-state index in [9.17, 15) is 18.4 Å². The minimum Gasteiger partial charge on any atom is -0.465 e. The van der Waals surface area contributed by atoms with Crippen LogP contribution < -0.4 is 0 Å². The van der Waals surface area contributed by atoms with E-state index in [0.717, 1.165) is 25.0 Å². The Morgan fingerprint density at radius 1 is 1.04 bits per heavy atom. The number of para-hydroxylation sites is 1. The first-order valence-corrected chi connectivity index (χ1v) is 8.68. The molecule has 0 aliphatic heterocycles. The zero-order valence-corrected chi connectivity index (χ0v) is 16.3. The topological polar surface area (TPSA) is 70.4 Å². The summed E-state index contributed by atoms with van der Waals surface area (Å²) in [6.07, 6.45) is 0. The van der Waals surface area contributed by atoms with Crippen molar-refractivity contribution in [1.82, 2.24) is 9.78 Å². The van der Waals surface area contributed by atoms with Crippen molar-refractivity contribution in [3.8, 4) is 16.9 Å². The third-order valence-electron chi connectivity index (χ3n) is 3.90. The Morgan fingerprint density at radius 2 is 1.68 bits per heavy atom. The largest absolute Gasteiger partial charge is 0.465 e. The normalized spacial score (nSPS) is 10.6. The van der Waals surface area contributed by atoms with E-state index in [1.807, 2.05) is 0 Å². The fraction of sp³-hybridized carbons (Fsp3) is 0.105. The van der Waals surface area contributed by atoms with Gasteiger partial charge in [-0.15, -0.1) is 0 Å². The summed E-state index contributed by atoms with van der Waals surface area (Å²) in [4.78, 5) is 24.9. The smallest absolute Gasteiger partial charge is 0.357 e. The maximum Gasteiger partial charge on any atom is 0.357 e. The standard InChI is InChI=1S/C19H13BrF2N2O4/c1-27-18(25)15-16(14-12(20)8-10(21)9-13(14)22)23-24(17(15)19(26)28-2)11-6-4-3-5-7-11/h3-9H,1-2H3. The van der Waals surface area contributed by atoms with Crippen LogP contribution in [0.4, 0.5) is 8.78 Å². The minimum absolute atomic E-state index is 0.0179. The Hall–Kier alpha value is -3.07. The van der Waals surface area contributed by atoms with Crippen LogP contribution >= 0.6 is 15.9 Å². The van der Waals surface area contributed by atoms with Crippen molar-refractivity contribution in [2.24, 2.45) is 0 Å². The highest BCUT2D eigenvalue weighted by molar-refractivity contribution is 9.10. The van der Waals surface area contributed by atoms with Crippen molar-refractivity contribution in [2.75, 3.05) is 14.2 Å². The second kappa shape index (κ2) is 7.89. The molecular weight excluding hydrogens is 438 g/mol. The number of methoxy groups -OCH3 is 2. The van der Waals surface area contributed by atoms with Gasteiger partial charge in [0.25, 0.3) is 0 Å². The van der Waals surface area contributed by atoms with Crippen molar-refractivity contribution in [1.29, 1.82) is 0 Å². The highest BCUT2D eigenvalue weighted by Crippen LogP contribution is 2.36. The van der Waals surface area contributed by atoms with Crippen LogP contribution in [0, 0.1) is 11.6 Å². The molecule has 1 aromatic heterocycles. The van der Waals surface area contributed by atoms with E-state index in [1.54, 1.807) is 30.3 Å². The van der Waals surface area contributed by atoms with E-state index < -0.39 is 23.6 Å². The van der Waals surface area contributed by atoms with Crippen LogP contribution in [0.5, 0.6) is 0 Å². The lowest BCUT2D eigenvalue weighted by Gasteiger charge is -2.07. The highest BCUT2D eigenvalue weighted by atomic mass is 79.9. The Balaban J connectivity index is 2.43. The Labute approximate surface area is 166 Å². The Bertz CT molecular complexity index is 1040. The van der Waals surface area contributed by atoms with Gasteiger partial charge in [-0.2, -0.15) is 5.10 Å². The molecule has 0 atom stereocenters. The zero-order chi connectivity index (χ0) is 20.4. The molecule has 3 aromatic rings. The first-order valence-electron chi connectivity index (χ1n) is 7.89. The van der Waals surface area contributed by atoms with Crippen LogP contribution in [-0.2, 0) is 9.47 Å². The van der Waals surface area contributed by atoms with Gasteiger partial charge in [0, 0.05) is 10.5 Å². The number of esters is 2. The number of carbonyl (C=O) groups is 2. The second-order valence-electron chi connectivity index (χ2n) is 5.55. The summed E-state index contributed by atoms with van der Waals surface area (Å²) in [5.41, 5.74) is -0.504. The molecule has 1 heterocycles. The average Bonchev–Trinajstić information content (AvgIpc) is 3.06. The number of aromatic nitrogens is 2. The van der Waals surface area contributed by atoms with Gasteiger partial charge >= 0.3 is 11.9 Å². The molecule has 144 valence electrons. The molecule has 0 spiro atoms. The van der Waals surface area contributed by atoms with Crippen molar-refractivity contribution in [3.05, 3.63) is 69.8 Å². The molecule has 9 heteroatoms. The molecule has 6 nitrogen and oxygen atoms in total. The SMILES string of the molecule is COC(=O)c1c(-c2c(F)cc(F)cc2Br)nn(-c2ccccc2)c1C(=O)OC. The Kier molecular flexibility index (Phi) is 5.55. The molecule has 0 unspecified atom stereocenters. The molecule has 0 N–H and O–H groups in total. The van der Waals surface area contributed by atoms with E-state index in [0.29, 0.717) is 11.8 Å². The van der Waals surface area contributed by atoms with Gasteiger partial charge in [0.05, 0.1) is 25.5 Å². The van der Waals surface area contributed by atoms with Gasteiger partial charge in [0.1, 0.15) is 22.9 Å². The van der Waals surface area contributed by atoms with Gasteiger partial charge in [-0.05, 0) is 34.1 Å². The monoisotopic (exact) mass is 450 g/mol. The van der Waals surface area contributed by atoms with Crippen molar-refractivity contribution in [2.45, 2.75) is 0 Å². The molecule has 28 heavy (non-hydrogen) atoms. The third kappa shape index (κ3) is 3.40. The average molecular weight is 451 g/mol. The quantitative estimate of drug-likeness (QED) is 0.558. The van der Waals surface area contributed by atoms with Crippen molar-refractivity contribution < 1.29 is 27.8 Å². The maximum absolute atomic E-state index is 14.6. The maximum atomic E-state index is 14.6. The van der Waals surface area contributed by atoms with E-state index in [4.69, 9.17) is 9.47 Å². The second-order valence-corrected chi connectivity index (χ2v) is 6.40. The number of hydrogen-bond donors (Lipinski definition) is 0. The van der Waals surface area contributed by atoms with Crippen LogP contribution in [0.25, 0.3) is 16.9 Å². The summed E-state index contributed by atoms with van der Waals surface area (Å²) in [5.74, 6) is -3.58. The van der Waals surface area contributed by atoms with Gasteiger partial charge < -0.3 is 9.47 Å². The molecule has 0 fully saturated rings. The summed E-state index contributed by atoms with van der Waals surface area (Å²) < 4.78 is 38.8. The van der Waals surface area contributed by atoms with Gasteiger partial charge in [0.2, 0.25) is 0 Å². The van der Waals surface area contributed by atoms with Crippen LogP contribution in [0.15, 0.2) is 46.9 Å². The molecular formula is C19H13BrF2N2O4. The van der Waals surface area contributed by atoms with E-state index >= 15 is 0 Å². The fourth-order valence-corrected chi connectivity index (χ4v) is 3.29. The summed E-state index contributed by atoms with van der Waals surface area (Å²) >= 11 is 3.09. The van der Waals surface area contributed by atoms with E-state index in [2.05, 4.69) is 21.0 Å². The van der Waals surface area contributed by atoms with Crippen LogP contribution in [-0.4, -0.2) is 35.9 Å². The van der Waals surface area contributed by atoms with E-state index in [1.165, 1.54) is 0 Å². The van der Waals surface area contributed by atoms with Crippen LogP contribution in [0.1, 0.15) is 20.8 Å². The number of benzene rings is 2. The van der Waals surface area contributed by atoms with Crippen molar-refractivity contribution >= 4 is 27.9 Å². The molecule has 0 aliphatic rings. The van der Waals surface area contributed by atoms with Gasteiger partial charge in [-0.25, -0.2) is 23.1 Å². The molecule has 0 radical (unpaired) electrons. The van der Waals surface area contributed by atoms with Gasteiger partial charge in [-0.1, -0.05) is 18.2 Å². The molecule has 0 saturated carbocycles. The first-order chi connectivity index (χ1) is 13.4. The summed E-state index contributed by atoms with van der Waals surface area (Å²) in [5, 5.41) is 4.26. The van der Waals surface area contributed by atoms with Gasteiger partial charge in [-0.3, -0.25) is 0 Å². The molecule has 3 rings (SSSR count). The molecule has 0 aliphatic carbocycles. The number of carbonyl (C=O) groups excluding carboxylic acids is 2. The molecule has 0 saturated heterocycles. The highest BCUT2D eigenvalue weighted by Gasteiger charge is 2.33. The predicted molar refractivity (Wildman–Crippen MR) is 99.3 cm³/mol. The lowest BCUT2D eigenvalue weighted by Crippen LogP contribution is -2.15. The number of rotatable bonds is 4. The van der Waals surface area contributed by atoms with Crippen LogP contribution in [0.3, 0.4) is 0 Å². The summed E-state index contributed by atoms with van der Waals surface area (Å²) in [7, 11) is 2.25. The summed E-state index contributed by atoms with van der Waals surface area (Å²) in [6, 6.07) is 10.1. The van der Waals surface area contributed by atoms with E-state index in [-0.39, 0.29) is 27.0 Å². The van der Waals surface area contributed by atoms with Crippen molar-refractivity contribution in [3.63, 3.8) is 0 Å². The number of halogens is 3. The first kappa shape index (κ1) is 19.7. The molecule has 2 aromatic carbocycles. The van der Waals surface area contributed by atoms with Crippen LogP contribution in [0.2, 0.25) is 0 Å². The number of hydrogen-bond acceptors (Lipinski definition) is 5. The minimum atomic E-state index is -0.967. The zero-order valence-electron chi connectivity index (χ0n) is 14.7. The fourth-order valence-electron chi connectivity index (χ4n) is 2.70. The molecule has 0 amide bonds. The Morgan fingerprint density at radius 3 is 2.25 bits per heavy atom. The lowest BCUT2D eigenvalue weighted by atomic mass is 10.0.